The number of quaternary nitrogens is 1. The van der Waals surface area contributed by atoms with E-state index in [1.165, 1.54) is 21.2 Å². The third-order valence-corrected chi connectivity index (χ3v) is 3.72. The van der Waals surface area contributed by atoms with Gasteiger partial charge in [0.2, 0.25) is 5.91 Å². The number of hydrogen-bond donors (Lipinski definition) is 2. The number of likely N-dealkylation sites (N-methyl/N-ethyl adjacent to an activating group) is 2. The van der Waals surface area contributed by atoms with E-state index in [2.05, 4.69) is 35.6 Å². The number of carbonyl (C=O) groups is 2. The smallest absolute Gasteiger partial charge is 0.275 e. The summed E-state index contributed by atoms with van der Waals surface area (Å²) in [7, 11) is 5.32. The predicted molar refractivity (Wildman–Crippen MR) is 91.1 cm³/mol. The molecule has 0 aliphatic carbocycles. The van der Waals surface area contributed by atoms with Crippen LogP contribution in [0.5, 0.6) is 0 Å². The highest BCUT2D eigenvalue weighted by atomic mass is 16.2. The summed E-state index contributed by atoms with van der Waals surface area (Å²) >= 11 is 0. The molecule has 0 aliphatic rings. The molecular formula is C18H24N3O2+. The molecule has 1 atom stereocenters. The minimum Gasteiger partial charge on any atom is -0.347 e. The zero-order valence-corrected chi connectivity index (χ0v) is 13.9. The highest BCUT2D eigenvalue weighted by molar-refractivity contribution is 5.85. The molecule has 0 radical (unpaired) electrons. The number of fused-ring (bicyclic) bond motifs is 1. The van der Waals surface area contributed by atoms with Gasteiger partial charge in [0.1, 0.15) is 6.54 Å². The van der Waals surface area contributed by atoms with Gasteiger partial charge in [-0.2, -0.15) is 0 Å². The van der Waals surface area contributed by atoms with Crippen molar-refractivity contribution in [2.24, 2.45) is 0 Å². The molecule has 23 heavy (non-hydrogen) atoms. The molecule has 0 heterocycles. The van der Waals surface area contributed by atoms with E-state index in [1.54, 1.807) is 14.1 Å². The lowest BCUT2D eigenvalue weighted by Gasteiger charge is -2.15. The Morgan fingerprint density at radius 1 is 1.09 bits per heavy atom. The molecule has 2 aromatic rings. The van der Waals surface area contributed by atoms with Crippen LogP contribution in [0, 0.1) is 0 Å². The number of amides is 2. The van der Waals surface area contributed by atoms with Gasteiger partial charge in [0.05, 0.1) is 13.6 Å². The summed E-state index contributed by atoms with van der Waals surface area (Å²) in [6, 6.07) is 14.6. The van der Waals surface area contributed by atoms with Gasteiger partial charge in [-0.1, -0.05) is 36.4 Å². The normalized spacial score (nSPS) is 12.0. The van der Waals surface area contributed by atoms with Crippen LogP contribution in [0.4, 0.5) is 0 Å². The van der Waals surface area contributed by atoms with Crippen molar-refractivity contribution in [2.75, 3.05) is 34.2 Å². The van der Waals surface area contributed by atoms with Crippen molar-refractivity contribution >= 4 is 22.6 Å². The van der Waals surface area contributed by atoms with Crippen LogP contribution in [0.2, 0.25) is 0 Å². The average molecular weight is 314 g/mol. The van der Waals surface area contributed by atoms with E-state index in [0.29, 0.717) is 6.54 Å². The number of nitrogens with one attached hydrogen (secondary N) is 2. The quantitative estimate of drug-likeness (QED) is 0.792. The first-order valence-electron chi connectivity index (χ1n) is 7.71. The summed E-state index contributed by atoms with van der Waals surface area (Å²) in [5.74, 6) is -0.218. The maximum atomic E-state index is 11.9. The van der Waals surface area contributed by atoms with E-state index >= 15 is 0 Å². The van der Waals surface area contributed by atoms with E-state index in [1.807, 2.05) is 19.2 Å². The molecule has 5 heteroatoms. The average Bonchev–Trinajstić information content (AvgIpc) is 2.52. The molecule has 1 unspecified atom stereocenters. The van der Waals surface area contributed by atoms with Gasteiger partial charge >= 0.3 is 0 Å². The van der Waals surface area contributed by atoms with Crippen LogP contribution in [0.3, 0.4) is 0 Å². The summed E-state index contributed by atoms with van der Waals surface area (Å²) in [5, 5.41) is 5.08. The number of hydrogen-bond acceptors (Lipinski definition) is 2. The molecule has 0 saturated carbocycles. The van der Waals surface area contributed by atoms with Crippen molar-refractivity contribution in [3.63, 3.8) is 0 Å². The lowest BCUT2D eigenvalue weighted by atomic mass is 10.1. The minimum absolute atomic E-state index is 0.0507. The Balaban J connectivity index is 1.86. The van der Waals surface area contributed by atoms with E-state index in [0.717, 1.165) is 11.4 Å². The highest BCUT2D eigenvalue weighted by Gasteiger charge is 2.12. The van der Waals surface area contributed by atoms with Crippen molar-refractivity contribution in [1.82, 2.24) is 10.2 Å². The fraction of sp³-hybridized carbons (Fsp3) is 0.333. The van der Waals surface area contributed by atoms with Gasteiger partial charge in [-0.25, -0.2) is 0 Å². The van der Waals surface area contributed by atoms with Crippen LogP contribution in [0.15, 0.2) is 42.5 Å². The van der Waals surface area contributed by atoms with Crippen molar-refractivity contribution in [2.45, 2.75) is 6.54 Å². The Morgan fingerprint density at radius 2 is 1.78 bits per heavy atom. The van der Waals surface area contributed by atoms with Crippen LogP contribution >= 0.6 is 0 Å². The molecule has 2 rings (SSSR count). The summed E-state index contributed by atoms with van der Waals surface area (Å²) in [6.45, 7) is 1.16. The zero-order chi connectivity index (χ0) is 16.8. The van der Waals surface area contributed by atoms with Gasteiger partial charge in [-0.05, 0) is 16.8 Å². The molecule has 0 spiro atoms. The second kappa shape index (κ2) is 7.74. The van der Waals surface area contributed by atoms with E-state index in [9.17, 15) is 9.59 Å². The van der Waals surface area contributed by atoms with Gasteiger partial charge in [-0.15, -0.1) is 0 Å². The van der Waals surface area contributed by atoms with Crippen LogP contribution in [0.25, 0.3) is 10.8 Å². The number of benzene rings is 2. The molecule has 5 nitrogen and oxygen atoms in total. The molecular weight excluding hydrogens is 290 g/mol. The molecule has 2 aromatic carbocycles. The Labute approximate surface area is 136 Å². The molecule has 0 aromatic heterocycles. The molecule has 122 valence electrons. The SMILES string of the molecule is CN(C)C(=O)CNC(=O)C[NH+](C)Cc1ccc2ccccc2c1. The summed E-state index contributed by atoms with van der Waals surface area (Å²) in [6.07, 6.45) is 0. The summed E-state index contributed by atoms with van der Waals surface area (Å²) in [4.78, 5) is 25.9. The second-order valence-electron chi connectivity index (χ2n) is 6.06. The van der Waals surface area contributed by atoms with Gasteiger partial charge in [0, 0.05) is 19.7 Å². The topological polar surface area (TPSA) is 53.9 Å². The predicted octanol–water partition coefficient (Wildman–Crippen LogP) is 0.0589. The Hall–Kier alpha value is -2.40. The monoisotopic (exact) mass is 314 g/mol. The molecule has 0 aliphatic heterocycles. The third kappa shape index (κ3) is 5.07. The fourth-order valence-corrected chi connectivity index (χ4v) is 2.43. The van der Waals surface area contributed by atoms with E-state index in [4.69, 9.17) is 0 Å². The third-order valence-electron chi connectivity index (χ3n) is 3.72. The molecule has 2 N–H and O–H groups in total. The Kier molecular flexibility index (Phi) is 5.71. The first-order valence-corrected chi connectivity index (χ1v) is 7.71. The van der Waals surface area contributed by atoms with Crippen LogP contribution in [0.1, 0.15) is 5.56 Å². The fourth-order valence-electron chi connectivity index (χ4n) is 2.43. The van der Waals surface area contributed by atoms with Gasteiger partial charge in [0.25, 0.3) is 5.91 Å². The van der Waals surface area contributed by atoms with Crippen LogP contribution < -0.4 is 10.2 Å². The number of carbonyl (C=O) groups excluding carboxylic acids is 2. The van der Waals surface area contributed by atoms with E-state index < -0.39 is 0 Å². The highest BCUT2D eigenvalue weighted by Crippen LogP contribution is 2.14. The molecule has 0 fully saturated rings. The van der Waals surface area contributed by atoms with Gasteiger partial charge in [0.15, 0.2) is 6.54 Å². The zero-order valence-electron chi connectivity index (χ0n) is 13.9. The summed E-state index contributed by atoms with van der Waals surface area (Å²) < 4.78 is 0. The largest absolute Gasteiger partial charge is 0.347 e. The Morgan fingerprint density at radius 3 is 2.48 bits per heavy atom. The van der Waals surface area contributed by atoms with Crippen molar-refractivity contribution in [3.8, 4) is 0 Å². The van der Waals surface area contributed by atoms with Crippen molar-refractivity contribution < 1.29 is 14.5 Å². The summed E-state index contributed by atoms with van der Waals surface area (Å²) in [5.41, 5.74) is 1.19. The first kappa shape index (κ1) is 17.0. The number of rotatable bonds is 6. The molecule has 0 saturated heterocycles. The molecule has 2 amide bonds. The van der Waals surface area contributed by atoms with E-state index in [-0.39, 0.29) is 18.4 Å². The maximum absolute atomic E-state index is 11.9. The Bertz CT molecular complexity index is 697. The lowest BCUT2D eigenvalue weighted by molar-refractivity contribution is -0.885. The number of nitrogens with zero attached hydrogens (tertiary/aromatic N) is 1. The van der Waals surface area contributed by atoms with Crippen LogP contribution in [-0.4, -0.2) is 50.9 Å². The second-order valence-corrected chi connectivity index (χ2v) is 6.06. The van der Waals surface area contributed by atoms with Gasteiger partial charge < -0.3 is 15.1 Å². The minimum atomic E-state index is -0.113. The molecule has 0 bridgehead atoms. The maximum Gasteiger partial charge on any atom is 0.275 e. The van der Waals surface area contributed by atoms with Crippen molar-refractivity contribution in [1.29, 1.82) is 0 Å². The van der Waals surface area contributed by atoms with Gasteiger partial charge in [-0.3, -0.25) is 9.59 Å². The van der Waals surface area contributed by atoms with Crippen LogP contribution in [-0.2, 0) is 16.1 Å². The standard InChI is InChI=1S/C18H23N3O2/c1-20(2)18(23)11-19-17(22)13-21(3)12-14-8-9-15-6-4-5-7-16(15)10-14/h4-10H,11-13H2,1-3H3,(H,19,22)/p+1. The first-order chi connectivity index (χ1) is 11.0. The van der Waals surface area contributed by atoms with Crippen molar-refractivity contribution in [3.05, 3.63) is 48.0 Å². The lowest BCUT2D eigenvalue weighted by Crippen LogP contribution is -3.08.